The largest absolute Gasteiger partial charge is 0.360 e. The monoisotopic (exact) mass is 301 g/mol. The molecule has 116 valence electrons. The number of hydrogen-bond acceptors (Lipinski definition) is 4. The first-order valence-corrected chi connectivity index (χ1v) is 6.99. The normalized spacial score (nSPS) is 10.3. The van der Waals surface area contributed by atoms with Crippen molar-refractivity contribution in [3.8, 4) is 0 Å². The number of rotatable bonds is 5. The Morgan fingerprint density at radius 3 is 2.45 bits per heavy atom. The molecule has 0 radical (unpaired) electrons. The van der Waals surface area contributed by atoms with Crippen molar-refractivity contribution >= 4 is 17.6 Å². The maximum absolute atomic E-state index is 12.0. The highest BCUT2D eigenvalue weighted by Crippen LogP contribution is 2.13. The third-order valence-corrected chi connectivity index (χ3v) is 3.18. The molecule has 0 aliphatic rings. The van der Waals surface area contributed by atoms with Crippen LogP contribution in [0.2, 0.25) is 0 Å². The number of benzene rings is 1. The molecule has 0 bridgehead atoms. The van der Waals surface area contributed by atoms with Crippen molar-refractivity contribution < 1.29 is 14.1 Å². The fourth-order valence-electron chi connectivity index (χ4n) is 1.94. The van der Waals surface area contributed by atoms with Gasteiger partial charge in [0, 0.05) is 19.5 Å². The Bertz CT molecular complexity index is 662. The van der Waals surface area contributed by atoms with Crippen molar-refractivity contribution in [2.45, 2.75) is 27.3 Å². The summed E-state index contributed by atoms with van der Waals surface area (Å²) in [6, 6.07) is 9.51. The number of nitrogens with zero attached hydrogens (tertiary/aromatic N) is 2. The molecule has 0 aliphatic carbocycles. The average molecular weight is 301 g/mol. The van der Waals surface area contributed by atoms with Gasteiger partial charge in [-0.1, -0.05) is 35.0 Å². The van der Waals surface area contributed by atoms with Crippen molar-refractivity contribution in [1.29, 1.82) is 0 Å². The van der Waals surface area contributed by atoms with E-state index >= 15 is 0 Å². The second-order valence-corrected chi connectivity index (χ2v) is 5.16. The number of hydrogen-bond donors (Lipinski definition) is 1. The molecule has 0 atom stereocenters. The van der Waals surface area contributed by atoms with Crippen LogP contribution < -0.4 is 10.2 Å². The SMILES string of the molecule is CC(=O)N(CC(=O)NCc1ccc(C)cc1)c1cc(C)on1. The lowest BCUT2D eigenvalue weighted by Crippen LogP contribution is -2.39. The molecular weight excluding hydrogens is 282 g/mol. The third-order valence-electron chi connectivity index (χ3n) is 3.18. The second-order valence-electron chi connectivity index (χ2n) is 5.16. The highest BCUT2D eigenvalue weighted by molar-refractivity contribution is 5.96. The van der Waals surface area contributed by atoms with E-state index in [0.29, 0.717) is 18.1 Å². The Kier molecular flexibility index (Phi) is 4.93. The van der Waals surface area contributed by atoms with E-state index in [1.807, 2.05) is 31.2 Å². The lowest BCUT2D eigenvalue weighted by Gasteiger charge is -2.17. The number of aryl methyl sites for hydroxylation is 2. The smallest absolute Gasteiger partial charge is 0.240 e. The minimum Gasteiger partial charge on any atom is -0.360 e. The molecule has 2 amide bonds. The van der Waals surface area contributed by atoms with E-state index in [1.54, 1.807) is 13.0 Å². The highest BCUT2D eigenvalue weighted by Gasteiger charge is 2.18. The minimum atomic E-state index is -0.265. The maximum atomic E-state index is 12.0. The van der Waals surface area contributed by atoms with Crippen molar-refractivity contribution in [2.75, 3.05) is 11.4 Å². The van der Waals surface area contributed by atoms with Gasteiger partial charge in [0.05, 0.1) is 0 Å². The first-order chi connectivity index (χ1) is 10.5. The molecular formula is C16H19N3O3. The standard InChI is InChI=1S/C16H19N3O3/c1-11-4-6-14(7-5-11)9-17-16(21)10-19(13(3)20)15-8-12(2)22-18-15/h4-8H,9-10H2,1-3H3,(H,17,21). The van der Waals surface area contributed by atoms with Crippen LogP contribution in [-0.2, 0) is 16.1 Å². The van der Waals surface area contributed by atoms with Gasteiger partial charge in [-0.25, -0.2) is 0 Å². The van der Waals surface area contributed by atoms with Crippen molar-refractivity contribution in [1.82, 2.24) is 10.5 Å². The van der Waals surface area contributed by atoms with E-state index < -0.39 is 0 Å². The first kappa shape index (κ1) is 15.8. The van der Waals surface area contributed by atoms with Gasteiger partial charge in [-0.15, -0.1) is 0 Å². The molecule has 0 saturated heterocycles. The second kappa shape index (κ2) is 6.89. The van der Waals surface area contributed by atoms with E-state index in [-0.39, 0.29) is 18.4 Å². The predicted octanol–water partition coefficient (Wildman–Crippen LogP) is 1.96. The van der Waals surface area contributed by atoms with E-state index in [9.17, 15) is 9.59 Å². The molecule has 2 rings (SSSR count). The van der Waals surface area contributed by atoms with Crippen LogP contribution in [0.1, 0.15) is 23.8 Å². The predicted molar refractivity (Wildman–Crippen MR) is 82.3 cm³/mol. The van der Waals surface area contributed by atoms with Gasteiger partial charge in [0.2, 0.25) is 11.8 Å². The lowest BCUT2D eigenvalue weighted by atomic mass is 10.1. The van der Waals surface area contributed by atoms with E-state index in [0.717, 1.165) is 5.56 Å². The molecule has 6 heteroatoms. The molecule has 0 unspecified atom stereocenters. The van der Waals surface area contributed by atoms with Crippen LogP contribution in [0.15, 0.2) is 34.9 Å². The summed E-state index contributed by atoms with van der Waals surface area (Å²) >= 11 is 0. The molecule has 0 spiro atoms. The number of carbonyl (C=O) groups excluding carboxylic acids is 2. The van der Waals surface area contributed by atoms with Gasteiger partial charge in [-0.05, 0) is 19.4 Å². The van der Waals surface area contributed by atoms with Gasteiger partial charge in [-0.2, -0.15) is 0 Å². The summed E-state index contributed by atoms with van der Waals surface area (Å²) in [5.41, 5.74) is 2.17. The molecule has 6 nitrogen and oxygen atoms in total. The number of nitrogens with one attached hydrogen (secondary N) is 1. The van der Waals surface area contributed by atoms with E-state index in [1.165, 1.54) is 17.4 Å². The van der Waals surface area contributed by atoms with Crippen LogP contribution >= 0.6 is 0 Å². The molecule has 0 saturated carbocycles. The van der Waals surface area contributed by atoms with E-state index in [4.69, 9.17) is 4.52 Å². The van der Waals surface area contributed by atoms with Crippen LogP contribution in [-0.4, -0.2) is 23.5 Å². The van der Waals surface area contributed by atoms with Crippen LogP contribution in [0.4, 0.5) is 5.82 Å². The Hall–Kier alpha value is -2.63. The summed E-state index contributed by atoms with van der Waals surface area (Å²) < 4.78 is 4.94. The van der Waals surface area contributed by atoms with Crippen molar-refractivity contribution in [2.24, 2.45) is 0 Å². The molecule has 2 aromatic rings. The van der Waals surface area contributed by atoms with Gasteiger partial charge in [-0.3, -0.25) is 14.5 Å². The average Bonchev–Trinajstić information content (AvgIpc) is 2.90. The first-order valence-electron chi connectivity index (χ1n) is 6.99. The minimum absolute atomic E-state index is 0.0901. The highest BCUT2D eigenvalue weighted by atomic mass is 16.5. The Balaban J connectivity index is 1.94. The Morgan fingerprint density at radius 2 is 1.91 bits per heavy atom. The summed E-state index contributed by atoms with van der Waals surface area (Å²) in [5.74, 6) is 0.409. The van der Waals surface area contributed by atoms with E-state index in [2.05, 4.69) is 10.5 Å². The Morgan fingerprint density at radius 1 is 1.23 bits per heavy atom. The quantitative estimate of drug-likeness (QED) is 0.916. The zero-order valence-corrected chi connectivity index (χ0v) is 12.9. The number of anilines is 1. The number of carbonyl (C=O) groups is 2. The van der Waals surface area contributed by atoms with Crippen LogP contribution in [0, 0.1) is 13.8 Å². The zero-order chi connectivity index (χ0) is 16.1. The fourth-order valence-corrected chi connectivity index (χ4v) is 1.94. The molecule has 1 aromatic carbocycles. The van der Waals surface area contributed by atoms with Gasteiger partial charge < -0.3 is 9.84 Å². The summed E-state index contributed by atoms with van der Waals surface area (Å²) in [6.45, 7) is 5.45. The van der Waals surface area contributed by atoms with Crippen molar-refractivity contribution in [3.63, 3.8) is 0 Å². The van der Waals surface area contributed by atoms with Crippen LogP contribution in [0.3, 0.4) is 0 Å². The van der Waals surface area contributed by atoms with Gasteiger partial charge in [0.15, 0.2) is 5.82 Å². The summed E-state index contributed by atoms with van der Waals surface area (Å²) in [7, 11) is 0. The van der Waals surface area contributed by atoms with Crippen LogP contribution in [0.5, 0.6) is 0 Å². The summed E-state index contributed by atoms with van der Waals surface area (Å²) in [6.07, 6.45) is 0. The van der Waals surface area contributed by atoms with Gasteiger partial charge in [0.25, 0.3) is 0 Å². The number of amides is 2. The summed E-state index contributed by atoms with van der Waals surface area (Å²) in [5, 5.41) is 6.56. The third kappa shape index (κ3) is 4.18. The van der Waals surface area contributed by atoms with Crippen LogP contribution in [0.25, 0.3) is 0 Å². The molecule has 22 heavy (non-hydrogen) atoms. The van der Waals surface area contributed by atoms with Crippen molar-refractivity contribution in [3.05, 3.63) is 47.2 Å². The summed E-state index contributed by atoms with van der Waals surface area (Å²) in [4.78, 5) is 25.0. The van der Waals surface area contributed by atoms with Gasteiger partial charge >= 0.3 is 0 Å². The molecule has 1 aromatic heterocycles. The number of aromatic nitrogens is 1. The molecule has 0 fully saturated rings. The lowest BCUT2D eigenvalue weighted by molar-refractivity contribution is -0.123. The molecule has 0 aliphatic heterocycles. The van der Waals surface area contributed by atoms with Gasteiger partial charge in [0.1, 0.15) is 12.3 Å². The fraction of sp³-hybridized carbons (Fsp3) is 0.312. The molecule has 1 heterocycles. The zero-order valence-electron chi connectivity index (χ0n) is 12.9. The molecule has 1 N–H and O–H groups in total. The maximum Gasteiger partial charge on any atom is 0.240 e. The Labute approximate surface area is 129 Å². The topological polar surface area (TPSA) is 75.4 Å².